The molecule has 2 heterocycles. The third-order valence-electron chi connectivity index (χ3n) is 3.40. The largest absolute Gasteiger partial charge is 0.341 e. The number of para-hydroxylation sites is 1. The van der Waals surface area contributed by atoms with Gasteiger partial charge in [-0.1, -0.05) is 23.4 Å². The molecular formula is C15H19N5. The van der Waals surface area contributed by atoms with Gasteiger partial charge in [-0.05, 0) is 30.4 Å². The van der Waals surface area contributed by atoms with E-state index in [4.69, 9.17) is 5.73 Å². The Labute approximate surface area is 118 Å². The maximum Gasteiger partial charge on any atom is 0.102 e. The minimum absolute atomic E-state index is 0.153. The summed E-state index contributed by atoms with van der Waals surface area (Å²) in [4.78, 5) is 0. The highest BCUT2D eigenvalue weighted by Crippen LogP contribution is 2.22. The number of aryl methyl sites for hydroxylation is 1. The van der Waals surface area contributed by atoms with Crippen LogP contribution in [0.15, 0.2) is 36.7 Å². The Hall–Kier alpha value is -2.14. The van der Waals surface area contributed by atoms with E-state index in [1.807, 2.05) is 20.2 Å². The van der Waals surface area contributed by atoms with Crippen molar-refractivity contribution in [3.63, 3.8) is 0 Å². The normalized spacial score (nSPS) is 12.9. The molecule has 3 aromatic rings. The SMILES string of the molecule is CC(N)Cc1cccc2ccn(Cc3cn(C)nn3)c12. The van der Waals surface area contributed by atoms with Crippen LogP contribution >= 0.6 is 0 Å². The van der Waals surface area contributed by atoms with Gasteiger partial charge < -0.3 is 10.3 Å². The van der Waals surface area contributed by atoms with Crippen molar-refractivity contribution >= 4 is 10.9 Å². The Kier molecular flexibility index (Phi) is 3.28. The monoisotopic (exact) mass is 269 g/mol. The molecule has 0 saturated heterocycles. The summed E-state index contributed by atoms with van der Waals surface area (Å²) >= 11 is 0. The van der Waals surface area contributed by atoms with Gasteiger partial charge in [0.2, 0.25) is 0 Å². The van der Waals surface area contributed by atoms with Crippen LogP contribution in [0.1, 0.15) is 18.2 Å². The van der Waals surface area contributed by atoms with Crippen molar-refractivity contribution in [2.24, 2.45) is 12.8 Å². The number of fused-ring (bicyclic) bond motifs is 1. The van der Waals surface area contributed by atoms with Crippen molar-refractivity contribution in [2.45, 2.75) is 25.9 Å². The average molecular weight is 269 g/mol. The lowest BCUT2D eigenvalue weighted by Gasteiger charge is -2.10. The fourth-order valence-electron chi connectivity index (χ4n) is 2.63. The molecule has 1 unspecified atom stereocenters. The van der Waals surface area contributed by atoms with Crippen molar-refractivity contribution in [1.82, 2.24) is 19.6 Å². The van der Waals surface area contributed by atoms with Gasteiger partial charge in [0.15, 0.2) is 0 Å². The van der Waals surface area contributed by atoms with Crippen LogP contribution in [-0.2, 0) is 20.0 Å². The molecule has 1 aromatic carbocycles. The van der Waals surface area contributed by atoms with E-state index in [1.54, 1.807) is 4.68 Å². The van der Waals surface area contributed by atoms with Crippen molar-refractivity contribution in [3.8, 4) is 0 Å². The average Bonchev–Trinajstić information content (AvgIpc) is 2.97. The van der Waals surface area contributed by atoms with E-state index in [0.717, 1.165) is 18.7 Å². The molecule has 5 heteroatoms. The summed E-state index contributed by atoms with van der Waals surface area (Å²) in [5.74, 6) is 0. The van der Waals surface area contributed by atoms with Gasteiger partial charge in [-0.3, -0.25) is 4.68 Å². The Balaban J connectivity index is 2.02. The van der Waals surface area contributed by atoms with Gasteiger partial charge in [0.05, 0.1) is 12.1 Å². The molecule has 2 aromatic heterocycles. The zero-order valence-electron chi connectivity index (χ0n) is 11.8. The van der Waals surface area contributed by atoms with E-state index < -0.39 is 0 Å². The predicted molar refractivity (Wildman–Crippen MR) is 79.4 cm³/mol. The van der Waals surface area contributed by atoms with E-state index in [-0.39, 0.29) is 6.04 Å². The molecule has 104 valence electrons. The molecular weight excluding hydrogens is 250 g/mol. The van der Waals surface area contributed by atoms with Crippen molar-refractivity contribution in [3.05, 3.63) is 47.9 Å². The van der Waals surface area contributed by atoms with Gasteiger partial charge in [-0.15, -0.1) is 5.10 Å². The molecule has 0 spiro atoms. The molecule has 0 radical (unpaired) electrons. The zero-order chi connectivity index (χ0) is 14.1. The second-order valence-electron chi connectivity index (χ2n) is 5.36. The number of aromatic nitrogens is 4. The van der Waals surface area contributed by atoms with Crippen LogP contribution in [0, 0.1) is 0 Å². The van der Waals surface area contributed by atoms with E-state index in [2.05, 4.69) is 45.3 Å². The minimum Gasteiger partial charge on any atom is -0.341 e. The Morgan fingerprint density at radius 1 is 1.30 bits per heavy atom. The van der Waals surface area contributed by atoms with Gasteiger partial charge in [0, 0.05) is 25.5 Å². The lowest BCUT2D eigenvalue weighted by atomic mass is 10.0. The lowest BCUT2D eigenvalue weighted by molar-refractivity contribution is 0.710. The molecule has 0 saturated carbocycles. The lowest BCUT2D eigenvalue weighted by Crippen LogP contribution is -2.18. The van der Waals surface area contributed by atoms with Gasteiger partial charge >= 0.3 is 0 Å². The molecule has 1 atom stereocenters. The summed E-state index contributed by atoms with van der Waals surface area (Å²) in [5, 5.41) is 9.38. The quantitative estimate of drug-likeness (QED) is 0.784. The first-order valence-electron chi connectivity index (χ1n) is 6.81. The number of nitrogens with two attached hydrogens (primary N) is 1. The standard InChI is InChI=1S/C15H19N5/c1-11(16)8-13-5-3-4-12-6-7-20(15(12)13)10-14-9-19(2)18-17-14/h3-7,9,11H,8,10,16H2,1-2H3. The van der Waals surface area contributed by atoms with E-state index >= 15 is 0 Å². The molecule has 2 N–H and O–H groups in total. The Morgan fingerprint density at radius 2 is 2.15 bits per heavy atom. The third kappa shape index (κ3) is 2.44. The number of benzene rings is 1. The molecule has 3 rings (SSSR count). The fourth-order valence-corrected chi connectivity index (χ4v) is 2.63. The van der Waals surface area contributed by atoms with E-state index in [9.17, 15) is 0 Å². The summed E-state index contributed by atoms with van der Waals surface area (Å²) in [5.41, 5.74) is 9.44. The molecule has 0 aliphatic carbocycles. The van der Waals surface area contributed by atoms with Crippen molar-refractivity contribution < 1.29 is 0 Å². The van der Waals surface area contributed by atoms with Crippen LogP contribution in [0.2, 0.25) is 0 Å². The van der Waals surface area contributed by atoms with Crippen LogP contribution in [0.5, 0.6) is 0 Å². The molecule has 20 heavy (non-hydrogen) atoms. The molecule has 0 bridgehead atoms. The van der Waals surface area contributed by atoms with Crippen LogP contribution in [-0.4, -0.2) is 25.6 Å². The fraction of sp³-hybridized carbons (Fsp3) is 0.333. The second kappa shape index (κ2) is 5.09. The van der Waals surface area contributed by atoms with Gasteiger partial charge in [-0.2, -0.15) is 0 Å². The van der Waals surface area contributed by atoms with Crippen molar-refractivity contribution in [1.29, 1.82) is 0 Å². The topological polar surface area (TPSA) is 61.7 Å². The highest BCUT2D eigenvalue weighted by Gasteiger charge is 2.09. The van der Waals surface area contributed by atoms with Crippen LogP contribution < -0.4 is 5.73 Å². The Morgan fingerprint density at radius 3 is 2.85 bits per heavy atom. The van der Waals surface area contributed by atoms with Gasteiger partial charge in [0.25, 0.3) is 0 Å². The number of hydrogen-bond acceptors (Lipinski definition) is 3. The molecule has 0 amide bonds. The maximum atomic E-state index is 5.96. The van der Waals surface area contributed by atoms with Gasteiger partial charge in [-0.25, -0.2) is 0 Å². The highest BCUT2D eigenvalue weighted by atomic mass is 15.4. The Bertz CT molecular complexity index is 723. The summed E-state index contributed by atoms with van der Waals surface area (Å²) in [6.07, 6.45) is 4.92. The number of rotatable bonds is 4. The first-order chi connectivity index (χ1) is 9.63. The van der Waals surface area contributed by atoms with Gasteiger partial charge in [0.1, 0.15) is 5.69 Å². The predicted octanol–water partition coefficient (Wildman–Crippen LogP) is 1.71. The number of nitrogens with zero attached hydrogens (tertiary/aromatic N) is 4. The van der Waals surface area contributed by atoms with Crippen LogP contribution in [0.4, 0.5) is 0 Å². The van der Waals surface area contributed by atoms with Crippen LogP contribution in [0.3, 0.4) is 0 Å². The number of hydrogen-bond donors (Lipinski definition) is 1. The summed E-state index contributed by atoms with van der Waals surface area (Å²) in [6.45, 7) is 2.77. The molecule has 0 aliphatic rings. The van der Waals surface area contributed by atoms with Crippen molar-refractivity contribution in [2.75, 3.05) is 0 Å². The minimum atomic E-state index is 0.153. The van der Waals surface area contributed by atoms with E-state index in [1.165, 1.54) is 16.5 Å². The maximum absolute atomic E-state index is 5.96. The highest BCUT2D eigenvalue weighted by molar-refractivity contribution is 5.83. The summed E-state index contributed by atoms with van der Waals surface area (Å²) in [6, 6.07) is 8.66. The zero-order valence-corrected chi connectivity index (χ0v) is 11.8. The molecule has 5 nitrogen and oxygen atoms in total. The first kappa shape index (κ1) is 12.9. The molecule has 0 fully saturated rings. The summed E-state index contributed by atoms with van der Waals surface area (Å²) < 4.78 is 3.95. The summed E-state index contributed by atoms with van der Waals surface area (Å²) in [7, 11) is 1.88. The third-order valence-corrected chi connectivity index (χ3v) is 3.40. The van der Waals surface area contributed by atoms with E-state index in [0.29, 0.717) is 0 Å². The smallest absolute Gasteiger partial charge is 0.102 e. The second-order valence-corrected chi connectivity index (χ2v) is 5.36. The van der Waals surface area contributed by atoms with Crippen LogP contribution in [0.25, 0.3) is 10.9 Å². The molecule has 0 aliphatic heterocycles. The first-order valence-corrected chi connectivity index (χ1v) is 6.81.